The normalized spacial score (nSPS) is 17.5. The number of halogens is 2. The number of amides is 1. The van der Waals surface area contributed by atoms with Crippen LogP contribution in [0.4, 0.5) is 5.69 Å². The molecular weight excluding hydrogens is 514 g/mol. The van der Waals surface area contributed by atoms with Gasteiger partial charge in [-0.05, 0) is 59.2 Å². The summed E-state index contributed by atoms with van der Waals surface area (Å²) in [5.74, 6) is -1.66. The van der Waals surface area contributed by atoms with Crippen molar-refractivity contribution < 1.29 is 14.7 Å². The maximum atomic E-state index is 13.4. The van der Waals surface area contributed by atoms with Gasteiger partial charge in [0.05, 0.1) is 11.6 Å². The number of hydrogen-bond acceptors (Lipinski definition) is 3. The molecule has 4 aromatic rings. The van der Waals surface area contributed by atoms with Gasteiger partial charge in [-0.25, -0.2) is 0 Å². The van der Waals surface area contributed by atoms with Crippen molar-refractivity contribution in [2.24, 2.45) is 0 Å². The fraction of sp³-hybridized carbons (Fsp3) is 0.0714. The summed E-state index contributed by atoms with van der Waals surface area (Å²) in [5.41, 5.74) is 2.64. The molecule has 0 radical (unpaired) electrons. The second kappa shape index (κ2) is 8.75. The number of aliphatic hydroxyl groups excluding tert-OH is 1. The number of ketones is 1. The molecule has 0 aliphatic carbocycles. The van der Waals surface area contributed by atoms with Gasteiger partial charge in [0.25, 0.3) is 11.7 Å². The minimum Gasteiger partial charge on any atom is -0.507 e. The predicted octanol–water partition coefficient (Wildman–Crippen LogP) is 7.19. The SMILES string of the molecule is Cc1cc(/C(O)=C2/C(=O)C(=O)N(c3cccc(Cl)c3)C2c2cccc3ccccc23)ccc1Br. The topological polar surface area (TPSA) is 57.6 Å². The van der Waals surface area contributed by atoms with Crippen molar-refractivity contribution in [3.63, 3.8) is 0 Å². The minimum atomic E-state index is -0.825. The highest BCUT2D eigenvalue weighted by molar-refractivity contribution is 9.10. The summed E-state index contributed by atoms with van der Waals surface area (Å²) in [6, 6.07) is 24.8. The third-order valence-electron chi connectivity index (χ3n) is 6.08. The molecule has 168 valence electrons. The van der Waals surface area contributed by atoms with Gasteiger partial charge in [0.2, 0.25) is 0 Å². The average Bonchev–Trinajstić information content (AvgIpc) is 3.10. The van der Waals surface area contributed by atoms with Crippen LogP contribution in [0.2, 0.25) is 5.02 Å². The van der Waals surface area contributed by atoms with Gasteiger partial charge in [-0.3, -0.25) is 14.5 Å². The molecule has 1 unspecified atom stereocenters. The quantitative estimate of drug-likeness (QED) is 0.173. The molecule has 1 aliphatic heterocycles. The standard InChI is InChI=1S/C28H19BrClNO3/c1-16-14-18(12-13-23(16)29)26(32)24-25(22-11-4-7-17-6-2-3-10-21(17)22)31(28(34)27(24)33)20-9-5-8-19(30)15-20/h2-15,25,32H,1H3/b26-24-. The van der Waals surface area contributed by atoms with E-state index in [1.807, 2.05) is 55.5 Å². The van der Waals surface area contributed by atoms with Crippen LogP contribution in [0.5, 0.6) is 0 Å². The Morgan fingerprint density at radius 3 is 2.44 bits per heavy atom. The number of nitrogens with zero attached hydrogens (tertiary/aromatic N) is 1. The first kappa shape index (κ1) is 22.4. The van der Waals surface area contributed by atoms with Crippen LogP contribution in [0.15, 0.2) is 95.0 Å². The number of anilines is 1. The fourth-order valence-electron chi connectivity index (χ4n) is 4.46. The molecule has 1 saturated heterocycles. The van der Waals surface area contributed by atoms with Gasteiger partial charge in [0, 0.05) is 20.7 Å². The molecule has 4 aromatic carbocycles. The van der Waals surface area contributed by atoms with Crippen molar-refractivity contribution in [2.75, 3.05) is 4.90 Å². The summed E-state index contributed by atoms with van der Waals surface area (Å²) < 4.78 is 0.883. The number of carbonyl (C=O) groups excluding carboxylic acids is 2. The zero-order valence-electron chi connectivity index (χ0n) is 18.1. The number of aryl methyl sites for hydroxylation is 1. The Labute approximate surface area is 210 Å². The second-order valence-corrected chi connectivity index (χ2v) is 9.47. The van der Waals surface area contributed by atoms with Gasteiger partial charge >= 0.3 is 0 Å². The van der Waals surface area contributed by atoms with Crippen molar-refractivity contribution in [1.29, 1.82) is 0 Å². The molecule has 4 nitrogen and oxygen atoms in total. The van der Waals surface area contributed by atoms with Crippen molar-refractivity contribution in [3.8, 4) is 0 Å². The van der Waals surface area contributed by atoms with E-state index in [4.69, 9.17) is 11.6 Å². The van der Waals surface area contributed by atoms with Crippen LogP contribution in [-0.4, -0.2) is 16.8 Å². The molecule has 6 heteroatoms. The number of Topliss-reactive ketones (excluding diaryl/α,β-unsaturated/α-hetero) is 1. The Balaban J connectivity index is 1.82. The molecule has 5 rings (SSSR count). The molecule has 1 N–H and O–H groups in total. The highest BCUT2D eigenvalue weighted by Gasteiger charge is 2.47. The lowest BCUT2D eigenvalue weighted by molar-refractivity contribution is -0.132. The van der Waals surface area contributed by atoms with Gasteiger partial charge in [-0.15, -0.1) is 0 Å². The molecule has 34 heavy (non-hydrogen) atoms. The van der Waals surface area contributed by atoms with Crippen molar-refractivity contribution >= 4 is 61.4 Å². The van der Waals surface area contributed by atoms with Gasteiger partial charge < -0.3 is 5.11 Å². The Morgan fingerprint density at radius 2 is 1.68 bits per heavy atom. The maximum absolute atomic E-state index is 13.4. The highest BCUT2D eigenvalue weighted by atomic mass is 79.9. The summed E-state index contributed by atoms with van der Waals surface area (Å²) in [6.07, 6.45) is 0. The summed E-state index contributed by atoms with van der Waals surface area (Å²) in [4.78, 5) is 28.2. The van der Waals surface area contributed by atoms with Crippen molar-refractivity contribution in [3.05, 3.63) is 117 Å². The van der Waals surface area contributed by atoms with Crippen LogP contribution in [0.3, 0.4) is 0 Å². The molecule has 0 bridgehead atoms. The number of rotatable bonds is 3. The Kier molecular flexibility index (Phi) is 5.76. The molecular formula is C28H19BrClNO3. The van der Waals surface area contributed by atoms with E-state index in [9.17, 15) is 14.7 Å². The summed E-state index contributed by atoms with van der Waals surface area (Å²) in [7, 11) is 0. The van der Waals surface area contributed by atoms with E-state index in [-0.39, 0.29) is 11.3 Å². The summed E-state index contributed by atoms with van der Waals surface area (Å²) >= 11 is 9.70. The van der Waals surface area contributed by atoms with E-state index < -0.39 is 17.7 Å². The van der Waals surface area contributed by atoms with E-state index in [1.54, 1.807) is 36.4 Å². The van der Waals surface area contributed by atoms with Crippen LogP contribution in [0, 0.1) is 6.92 Å². The Bertz CT molecular complexity index is 1510. The van der Waals surface area contributed by atoms with E-state index in [0.717, 1.165) is 26.4 Å². The van der Waals surface area contributed by atoms with E-state index in [0.29, 0.717) is 16.3 Å². The zero-order valence-corrected chi connectivity index (χ0v) is 20.5. The smallest absolute Gasteiger partial charge is 0.300 e. The monoisotopic (exact) mass is 531 g/mol. The predicted molar refractivity (Wildman–Crippen MR) is 139 cm³/mol. The Hall–Kier alpha value is -3.41. The van der Waals surface area contributed by atoms with Gasteiger partial charge in [-0.1, -0.05) is 82.1 Å². The summed E-state index contributed by atoms with van der Waals surface area (Å²) in [6.45, 7) is 1.90. The highest BCUT2D eigenvalue weighted by Crippen LogP contribution is 2.44. The molecule has 1 aliphatic rings. The Morgan fingerprint density at radius 1 is 0.941 bits per heavy atom. The molecule has 1 atom stereocenters. The molecule has 0 spiro atoms. The number of fused-ring (bicyclic) bond motifs is 1. The molecule has 0 aromatic heterocycles. The lowest BCUT2D eigenvalue weighted by Gasteiger charge is -2.26. The average molecular weight is 533 g/mol. The molecule has 1 amide bonds. The zero-order chi connectivity index (χ0) is 24.0. The third-order valence-corrected chi connectivity index (χ3v) is 7.20. The fourth-order valence-corrected chi connectivity index (χ4v) is 4.89. The number of hydrogen-bond donors (Lipinski definition) is 1. The first-order valence-electron chi connectivity index (χ1n) is 10.7. The van der Waals surface area contributed by atoms with Crippen LogP contribution in [0.25, 0.3) is 16.5 Å². The number of benzene rings is 4. The lowest BCUT2D eigenvalue weighted by atomic mass is 9.91. The molecule has 0 saturated carbocycles. The van der Waals surface area contributed by atoms with E-state index in [2.05, 4.69) is 15.9 Å². The second-order valence-electron chi connectivity index (χ2n) is 8.18. The number of carbonyl (C=O) groups is 2. The maximum Gasteiger partial charge on any atom is 0.300 e. The number of aliphatic hydroxyl groups is 1. The molecule has 1 heterocycles. The van der Waals surface area contributed by atoms with Gasteiger partial charge in [0.15, 0.2) is 0 Å². The van der Waals surface area contributed by atoms with Gasteiger partial charge in [-0.2, -0.15) is 0 Å². The van der Waals surface area contributed by atoms with Crippen molar-refractivity contribution in [1.82, 2.24) is 0 Å². The van der Waals surface area contributed by atoms with Gasteiger partial charge in [0.1, 0.15) is 5.76 Å². The lowest BCUT2D eigenvalue weighted by Crippen LogP contribution is -2.29. The van der Waals surface area contributed by atoms with E-state index in [1.165, 1.54) is 4.90 Å². The first-order chi connectivity index (χ1) is 16.4. The first-order valence-corrected chi connectivity index (χ1v) is 11.8. The van der Waals surface area contributed by atoms with Crippen LogP contribution < -0.4 is 4.90 Å². The van der Waals surface area contributed by atoms with Crippen LogP contribution in [0.1, 0.15) is 22.7 Å². The van der Waals surface area contributed by atoms with Crippen molar-refractivity contribution in [2.45, 2.75) is 13.0 Å². The van der Waals surface area contributed by atoms with Crippen LogP contribution >= 0.6 is 27.5 Å². The summed E-state index contributed by atoms with van der Waals surface area (Å²) in [5, 5.41) is 13.7. The van der Waals surface area contributed by atoms with E-state index >= 15 is 0 Å². The molecule has 1 fully saturated rings. The third kappa shape index (κ3) is 3.71. The largest absolute Gasteiger partial charge is 0.507 e. The minimum absolute atomic E-state index is 0.0445. The van der Waals surface area contributed by atoms with Crippen LogP contribution in [-0.2, 0) is 9.59 Å².